The van der Waals surface area contributed by atoms with Gasteiger partial charge in [-0.2, -0.15) is 0 Å². The van der Waals surface area contributed by atoms with Crippen LogP contribution >= 0.6 is 12.2 Å². The number of aromatic nitrogens is 1. The maximum Gasteiger partial charge on any atom is 0.232 e. The number of benzene rings is 1. The van der Waals surface area contributed by atoms with Crippen molar-refractivity contribution in [2.75, 3.05) is 18.5 Å². The molecule has 2 heterocycles. The van der Waals surface area contributed by atoms with Gasteiger partial charge in [-0.25, -0.2) is 0 Å². The van der Waals surface area contributed by atoms with Crippen LogP contribution in [0.5, 0.6) is 0 Å². The monoisotopic (exact) mass is 412 g/mol. The molecule has 0 spiro atoms. The van der Waals surface area contributed by atoms with E-state index in [0.717, 1.165) is 35.0 Å². The van der Waals surface area contributed by atoms with Crippen LogP contribution in [0.15, 0.2) is 57.7 Å². The lowest BCUT2D eigenvalue weighted by Gasteiger charge is -2.27. The number of thiocarbonyl (C=S) groups is 1. The van der Waals surface area contributed by atoms with Gasteiger partial charge in [-0.15, -0.1) is 0 Å². The molecule has 0 fully saturated rings. The fraction of sp³-hybridized carbons (Fsp3) is 0.364. The molecule has 1 aromatic carbocycles. The van der Waals surface area contributed by atoms with Crippen LogP contribution in [-0.2, 0) is 13.1 Å². The molecular weight excluding hydrogens is 384 g/mol. The molecular formula is C22H28N4O2S. The van der Waals surface area contributed by atoms with Gasteiger partial charge in [0.25, 0.3) is 0 Å². The minimum absolute atomic E-state index is 0.268. The molecule has 0 saturated carbocycles. The van der Waals surface area contributed by atoms with Crippen LogP contribution in [-0.4, -0.2) is 34.8 Å². The molecule has 1 N–H and O–H groups in total. The number of nitrogens with one attached hydrogen (secondary N) is 1. The number of hydrogen-bond donors (Lipinski definition) is 1. The van der Waals surface area contributed by atoms with Gasteiger partial charge in [0.1, 0.15) is 11.5 Å². The van der Waals surface area contributed by atoms with Gasteiger partial charge in [-0.1, -0.05) is 35.5 Å². The summed E-state index contributed by atoms with van der Waals surface area (Å²) in [5, 5.41) is 8.34. The van der Waals surface area contributed by atoms with Gasteiger partial charge in [-0.05, 0) is 45.1 Å². The Labute approximate surface area is 177 Å². The Morgan fingerprint density at radius 2 is 1.90 bits per heavy atom. The second-order valence-corrected chi connectivity index (χ2v) is 7.54. The number of rotatable bonds is 8. The first-order valence-corrected chi connectivity index (χ1v) is 10.2. The highest BCUT2D eigenvalue weighted by Gasteiger charge is 2.25. The van der Waals surface area contributed by atoms with Crippen LogP contribution in [0, 0.1) is 0 Å². The van der Waals surface area contributed by atoms with Crippen LogP contribution in [0.4, 0.5) is 5.88 Å². The van der Waals surface area contributed by atoms with Crippen molar-refractivity contribution in [2.24, 2.45) is 0 Å². The molecule has 3 rings (SSSR count). The number of furan rings is 1. The lowest BCUT2D eigenvalue weighted by Crippen LogP contribution is -2.39. The van der Waals surface area contributed by atoms with E-state index in [1.165, 1.54) is 0 Å². The summed E-state index contributed by atoms with van der Waals surface area (Å²) in [6.07, 6.45) is 1.68. The Hall–Kier alpha value is -2.80. The van der Waals surface area contributed by atoms with Gasteiger partial charge < -0.3 is 24.1 Å². The Balaban J connectivity index is 2.00. The fourth-order valence-electron chi connectivity index (χ4n) is 3.02. The predicted octanol–water partition coefficient (Wildman–Crippen LogP) is 4.68. The quantitative estimate of drug-likeness (QED) is 0.539. The van der Waals surface area contributed by atoms with E-state index in [1.807, 2.05) is 56.4 Å². The van der Waals surface area contributed by atoms with E-state index in [9.17, 15) is 0 Å². The van der Waals surface area contributed by atoms with Crippen molar-refractivity contribution >= 4 is 23.2 Å². The molecule has 29 heavy (non-hydrogen) atoms. The second-order valence-electron chi connectivity index (χ2n) is 7.16. The molecule has 3 aromatic rings. The minimum atomic E-state index is 0.268. The van der Waals surface area contributed by atoms with Crippen molar-refractivity contribution < 1.29 is 8.94 Å². The first kappa shape index (κ1) is 20.9. The van der Waals surface area contributed by atoms with Crippen molar-refractivity contribution in [3.63, 3.8) is 0 Å². The van der Waals surface area contributed by atoms with Crippen molar-refractivity contribution in [2.45, 2.75) is 39.9 Å². The molecule has 0 amide bonds. The third kappa shape index (κ3) is 4.98. The van der Waals surface area contributed by atoms with Crippen LogP contribution in [0.25, 0.3) is 11.3 Å². The SMILES string of the molecule is CCNC(=S)N(Cc1ccco1)Cc1c(-c2ccccc2)noc1N(C)C(C)C. The number of anilines is 1. The van der Waals surface area contributed by atoms with E-state index in [4.69, 9.17) is 21.2 Å². The highest BCUT2D eigenvalue weighted by molar-refractivity contribution is 7.80. The Morgan fingerprint density at radius 3 is 2.52 bits per heavy atom. The summed E-state index contributed by atoms with van der Waals surface area (Å²) in [6, 6.07) is 14.2. The van der Waals surface area contributed by atoms with Gasteiger partial charge in [0.05, 0.1) is 24.9 Å². The lowest BCUT2D eigenvalue weighted by molar-refractivity contribution is 0.350. The standard InChI is InChI=1S/C22H28N4O2S/c1-5-23-22(29)26(14-18-12-9-13-27-18)15-19-20(17-10-7-6-8-11-17)24-28-21(19)25(4)16(2)3/h6-13,16H,5,14-15H2,1-4H3,(H,23,29). The van der Waals surface area contributed by atoms with E-state index in [-0.39, 0.29) is 6.04 Å². The Kier molecular flexibility index (Phi) is 6.93. The van der Waals surface area contributed by atoms with E-state index in [0.29, 0.717) is 18.2 Å². The molecule has 0 aliphatic carbocycles. The van der Waals surface area contributed by atoms with Crippen LogP contribution in [0.2, 0.25) is 0 Å². The van der Waals surface area contributed by atoms with E-state index >= 15 is 0 Å². The molecule has 7 heteroatoms. The Bertz CT molecular complexity index is 906. The largest absolute Gasteiger partial charge is 0.467 e. The summed E-state index contributed by atoms with van der Waals surface area (Å²) in [6.45, 7) is 8.14. The molecule has 0 bridgehead atoms. The first-order chi connectivity index (χ1) is 14.0. The van der Waals surface area contributed by atoms with Gasteiger partial charge in [0.15, 0.2) is 5.11 Å². The van der Waals surface area contributed by atoms with Crippen LogP contribution < -0.4 is 10.2 Å². The summed E-state index contributed by atoms with van der Waals surface area (Å²) in [4.78, 5) is 4.17. The van der Waals surface area contributed by atoms with E-state index in [2.05, 4.69) is 34.1 Å². The first-order valence-electron chi connectivity index (χ1n) is 9.83. The molecule has 6 nitrogen and oxygen atoms in total. The molecule has 0 atom stereocenters. The molecule has 154 valence electrons. The molecule has 0 aliphatic heterocycles. The highest BCUT2D eigenvalue weighted by atomic mass is 32.1. The van der Waals surface area contributed by atoms with Gasteiger partial charge in [0, 0.05) is 25.2 Å². The zero-order valence-electron chi connectivity index (χ0n) is 17.4. The van der Waals surface area contributed by atoms with E-state index in [1.54, 1.807) is 6.26 Å². The smallest absolute Gasteiger partial charge is 0.232 e. The third-order valence-corrected chi connectivity index (χ3v) is 5.20. The molecule has 0 saturated heterocycles. The van der Waals surface area contributed by atoms with Crippen molar-refractivity contribution in [3.05, 3.63) is 60.1 Å². The molecule has 0 unspecified atom stereocenters. The highest BCUT2D eigenvalue weighted by Crippen LogP contribution is 2.33. The fourth-order valence-corrected chi connectivity index (χ4v) is 3.30. The average molecular weight is 413 g/mol. The number of nitrogens with zero attached hydrogens (tertiary/aromatic N) is 3. The average Bonchev–Trinajstić information content (AvgIpc) is 3.37. The normalized spacial score (nSPS) is 10.9. The summed E-state index contributed by atoms with van der Waals surface area (Å²) in [5.41, 5.74) is 2.85. The van der Waals surface area contributed by atoms with Crippen molar-refractivity contribution in [1.82, 2.24) is 15.4 Å². The topological polar surface area (TPSA) is 57.7 Å². The van der Waals surface area contributed by atoms with Crippen molar-refractivity contribution in [3.8, 4) is 11.3 Å². The Morgan fingerprint density at radius 1 is 1.14 bits per heavy atom. The second kappa shape index (κ2) is 9.60. The summed E-state index contributed by atoms with van der Waals surface area (Å²) in [7, 11) is 2.02. The van der Waals surface area contributed by atoms with Crippen LogP contribution in [0.3, 0.4) is 0 Å². The zero-order valence-corrected chi connectivity index (χ0v) is 18.2. The van der Waals surface area contributed by atoms with Gasteiger partial charge >= 0.3 is 0 Å². The van der Waals surface area contributed by atoms with E-state index < -0.39 is 0 Å². The lowest BCUT2D eigenvalue weighted by atomic mass is 10.1. The summed E-state index contributed by atoms with van der Waals surface area (Å²) in [5.74, 6) is 1.60. The molecule has 2 aromatic heterocycles. The third-order valence-electron chi connectivity index (χ3n) is 4.80. The molecule has 0 aliphatic rings. The van der Waals surface area contributed by atoms with Gasteiger partial charge in [0.2, 0.25) is 5.88 Å². The maximum atomic E-state index is 5.81. The predicted molar refractivity (Wildman–Crippen MR) is 120 cm³/mol. The minimum Gasteiger partial charge on any atom is -0.467 e. The summed E-state index contributed by atoms with van der Waals surface area (Å²) >= 11 is 5.65. The molecule has 0 radical (unpaired) electrons. The van der Waals surface area contributed by atoms with Crippen molar-refractivity contribution in [1.29, 1.82) is 0 Å². The van der Waals surface area contributed by atoms with Gasteiger partial charge in [-0.3, -0.25) is 0 Å². The zero-order chi connectivity index (χ0) is 20.8. The number of hydrogen-bond acceptors (Lipinski definition) is 5. The maximum absolute atomic E-state index is 5.81. The van der Waals surface area contributed by atoms with Crippen LogP contribution in [0.1, 0.15) is 32.1 Å². The summed E-state index contributed by atoms with van der Waals surface area (Å²) < 4.78 is 11.4.